The molecule has 21 heavy (non-hydrogen) atoms. The number of hydrogen-bond acceptors (Lipinski definition) is 4. The van der Waals surface area contributed by atoms with Crippen molar-refractivity contribution >= 4 is 17.3 Å². The Labute approximate surface area is 128 Å². The Bertz CT molecular complexity index is 643. The van der Waals surface area contributed by atoms with Crippen LogP contribution >= 0.6 is 11.3 Å². The van der Waals surface area contributed by atoms with Gasteiger partial charge in [0.15, 0.2) is 0 Å². The van der Waals surface area contributed by atoms with Crippen molar-refractivity contribution in [1.82, 2.24) is 10.3 Å². The predicted octanol–water partition coefficient (Wildman–Crippen LogP) is 3.48. The van der Waals surface area contributed by atoms with Gasteiger partial charge in [-0.15, -0.1) is 11.3 Å². The minimum Gasteiger partial charge on any atom is -0.478 e. The first kappa shape index (κ1) is 15.7. The van der Waals surface area contributed by atoms with E-state index in [2.05, 4.69) is 31.1 Å². The molecule has 2 aromatic rings. The number of benzene rings is 1. The fourth-order valence-corrected chi connectivity index (χ4v) is 2.95. The van der Waals surface area contributed by atoms with Crippen molar-refractivity contribution in [2.24, 2.45) is 0 Å². The number of carbonyl (C=O) groups is 1. The van der Waals surface area contributed by atoms with Gasteiger partial charge in [0, 0.05) is 11.4 Å². The normalized spacial score (nSPS) is 11.6. The van der Waals surface area contributed by atoms with Crippen LogP contribution in [0.3, 0.4) is 0 Å². The Morgan fingerprint density at radius 1 is 1.38 bits per heavy atom. The highest BCUT2D eigenvalue weighted by atomic mass is 32.1. The summed E-state index contributed by atoms with van der Waals surface area (Å²) < 4.78 is 0. The van der Waals surface area contributed by atoms with E-state index in [1.54, 1.807) is 29.5 Å². The predicted molar refractivity (Wildman–Crippen MR) is 84.9 cm³/mol. The smallest absolute Gasteiger partial charge is 0.335 e. The van der Waals surface area contributed by atoms with Crippen molar-refractivity contribution in [2.45, 2.75) is 39.8 Å². The molecule has 1 heterocycles. The molecule has 0 radical (unpaired) electrons. The molecule has 1 aromatic heterocycles. The van der Waals surface area contributed by atoms with E-state index >= 15 is 0 Å². The van der Waals surface area contributed by atoms with Crippen molar-refractivity contribution < 1.29 is 9.90 Å². The third-order valence-corrected chi connectivity index (χ3v) is 4.87. The Morgan fingerprint density at radius 2 is 2.10 bits per heavy atom. The second-order valence-corrected chi connectivity index (χ2v) is 6.85. The summed E-state index contributed by atoms with van der Waals surface area (Å²) >= 11 is 1.70. The SMILES string of the molecule is Cc1nc(C(C)(C)NCc2cccc(C(=O)O)c2)sc1C. The van der Waals surface area contributed by atoms with Gasteiger partial charge in [0.2, 0.25) is 0 Å². The molecule has 0 bridgehead atoms. The number of thiazole rings is 1. The van der Waals surface area contributed by atoms with E-state index in [-0.39, 0.29) is 5.54 Å². The molecular formula is C16H20N2O2S. The number of aromatic nitrogens is 1. The van der Waals surface area contributed by atoms with Crippen molar-refractivity contribution in [3.63, 3.8) is 0 Å². The fraction of sp³-hybridized carbons (Fsp3) is 0.375. The molecule has 1 aromatic carbocycles. The van der Waals surface area contributed by atoms with Crippen LogP contribution in [0.4, 0.5) is 0 Å². The molecule has 0 aliphatic carbocycles. The number of hydrogen-bond donors (Lipinski definition) is 2. The molecule has 0 spiro atoms. The minimum atomic E-state index is -0.901. The minimum absolute atomic E-state index is 0.247. The summed E-state index contributed by atoms with van der Waals surface area (Å²) in [6.45, 7) is 8.87. The largest absolute Gasteiger partial charge is 0.478 e. The standard InChI is InChI=1S/C16H20N2O2S/c1-10-11(2)21-15(18-10)16(3,4)17-9-12-6-5-7-13(8-12)14(19)20/h5-8,17H,9H2,1-4H3,(H,19,20). The van der Waals surface area contributed by atoms with Crippen LogP contribution in [0.5, 0.6) is 0 Å². The summed E-state index contributed by atoms with van der Waals surface area (Å²) in [5.41, 5.74) is 2.09. The number of rotatable bonds is 5. The average molecular weight is 304 g/mol. The van der Waals surface area contributed by atoms with Gasteiger partial charge >= 0.3 is 5.97 Å². The second-order valence-electron chi connectivity index (χ2n) is 5.64. The summed E-state index contributed by atoms with van der Waals surface area (Å²) in [5.74, 6) is -0.901. The fourth-order valence-electron chi connectivity index (χ4n) is 1.95. The third kappa shape index (κ3) is 3.68. The van der Waals surface area contributed by atoms with E-state index in [0.29, 0.717) is 12.1 Å². The van der Waals surface area contributed by atoms with Crippen LogP contribution in [0.25, 0.3) is 0 Å². The van der Waals surface area contributed by atoms with Crippen LogP contribution in [-0.2, 0) is 12.1 Å². The van der Waals surface area contributed by atoms with Crippen molar-refractivity contribution in [3.05, 3.63) is 51.0 Å². The molecule has 0 amide bonds. The Morgan fingerprint density at radius 3 is 2.67 bits per heavy atom. The number of aryl methyl sites for hydroxylation is 2. The number of carboxylic acid groups (broad SMARTS) is 1. The van der Waals surface area contributed by atoms with Gasteiger partial charge in [-0.2, -0.15) is 0 Å². The lowest BCUT2D eigenvalue weighted by Crippen LogP contribution is -2.35. The number of nitrogens with one attached hydrogen (secondary N) is 1. The maximum atomic E-state index is 11.0. The van der Waals surface area contributed by atoms with E-state index in [9.17, 15) is 4.79 Å². The molecule has 112 valence electrons. The van der Waals surface area contributed by atoms with Gasteiger partial charge in [0.1, 0.15) is 5.01 Å². The molecule has 0 saturated heterocycles. The van der Waals surface area contributed by atoms with Crippen LogP contribution in [-0.4, -0.2) is 16.1 Å². The lowest BCUT2D eigenvalue weighted by Gasteiger charge is -2.24. The van der Waals surface area contributed by atoms with Gasteiger partial charge in [0.25, 0.3) is 0 Å². The highest BCUT2D eigenvalue weighted by molar-refractivity contribution is 7.11. The van der Waals surface area contributed by atoms with Gasteiger partial charge in [-0.1, -0.05) is 12.1 Å². The van der Waals surface area contributed by atoms with Gasteiger partial charge in [0.05, 0.1) is 16.8 Å². The van der Waals surface area contributed by atoms with E-state index in [1.807, 2.05) is 13.0 Å². The van der Waals surface area contributed by atoms with Crippen LogP contribution in [0.2, 0.25) is 0 Å². The summed E-state index contributed by atoms with van der Waals surface area (Å²) in [4.78, 5) is 16.8. The van der Waals surface area contributed by atoms with Gasteiger partial charge in [-0.3, -0.25) is 0 Å². The molecule has 4 nitrogen and oxygen atoms in total. The Balaban J connectivity index is 2.11. The number of nitrogens with zero attached hydrogens (tertiary/aromatic N) is 1. The molecule has 5 heteroatoms. The van der Waals surface area contributed by atoms with Crippen molar-refractivity contribution in [2.75, 3.05) is 0 Å². The third-order valence-electron chi connectivity index (χ3n) is 3.47. The van der Waals surface area contributed by atoms with E-state index < -0.39 is 5.97 Å². The monoisotopic (exact) mass is 304 g/mol. The number of aromatic carboxylic acids is 1. The molecule has 0 aliphatic heterocycles. The van der Waals surface area contributed by atoms with Gasteiger partial charge < -0.3 is 10.4 Å². The summed E-state index contributed by atoms with van der Waals surface area (Å²) in [6, 6.07) is 6.99. The molecule has 0 atom stereocenters. The number of carboxylic acids is 1. The lowest BCUT2D eigenvalue weighted by atomic mass is 10.1. The van der Waals surface area contributed by atoms with E-state index in [0.717, 1.165) is 16.3 Å². The second kappa shape index (κ2) is 5.95. The molecule has 0 unspecified atom stereocenters. The van der Waals surface area contributed by atoms with Crippen molar-refractivity contribution in [3.8, 4) is 0 Å². The quantitative estimate of drug-likeness (QED) is 0.887. The molecule has 2 rings (SSSR count). The van der Waals surface area contributed by atoms with Crippen LogP contribution in [0.1, 0.15) is 45.3 Å². The topological polar surface area (TPSA) is 62.2 Å². The molecule has 2 N–H and O–H groups in total. The van der Waals surface area contributed by atoms with E-state index in [4.69, 9.17) is 5.11 Å². The first-order valence-electron chi connectivity index (χ1n) is 6.81. The molecule has 0 aliphatic rings. The van der Waals surface area contributed by atoms with Gasteiger partial charge in [-0.25, -0.2) is 9.78 Å². The molecular weight excluding hydrogens is 284 g/mol. The summed E-state index contributed by atoms with van der Waals surface area (Å²) in [5, 5.41) is 13.5. The van der Waals surface area contributed by atoms with E-state index in [1.165, 1.54) is 4.88 Å². The maximum Gasteiger partial charge on any atom is 0.335 e. The molecule has 0 fully saturated rings. The first-order valence-corrected chi connectivity index (χ1v) is 7.63. The Kier molecular flexibility index (Phi) is 4.44. The van der Waals surface area contributed by atoms with Crippen LogP contribution in [0, 0.1) is 13.8 Å². The highest BCUT2D eigenvalue weighted by Gasteiger charge is 2.24. The highest BCUT2D eigenvalue weighted by Crippen LogP contribution is 2.27. The zero-order chi connectivity index (χ0) is 15.6. The Hall–Kier alpha value is -1.72. The van der Waals surface area contributed by atoms with Crippen LogP contribution < -0.4 is 5.32 Å². The average Bonchev–Trinajstić information content (AvgIpc) is 2.78. The lowest BCUT2D eigenvalue weighted by molar-refractivity contribution is 0.0696. The zero-order valence-electron chi connectivity index (χ0n) is 12.7. The summed E-state index contributed by atoms with van der Waals surface area (Å²) in [6.07, 6.45) is 0. The van der Waals surface area contributed by atoms with Gasteiger partial charge in [-0.05, 0) is 45.4 Å². The zero-order valence-corrected chi connectivity index (χ0v) is 13.5. The first-order chi connectivity index (χ1) is 9.79. The summed E-state index contributed by atoms with van der Waals surface area (Å²) in [7, 11) is 0. The maximum absolute atomic E-state index is 11.0. The molecule has 0 saturated carbocycles. The van der Waals surface area contributed by atoms with Crippen LogP contribution in [0.15, 0.2) is 24.3 Å². The van der Waals surface area contributed by atoms with Crippen molar-refractivity contribution in [1.29, 1.82) is 0 Å².